The molecule has 1 unspecified atom stereocenters. The van der Waals surface area contributed by atoms with Crippen LogP contribution in [0.15, 0.2) is 16.8 Å². The van der Waals surface area contributed by atoms with Crippen LogP contribution in [0.2, 0.25) is 0 Å². The number of nitrogens with two attached hydrogens (primary N) is 1. The number of hydrogen-bond donors (Lipinski definition) is 1. The van der Waals surface area contributed by atoms with E-state index in [4.69, 9.17) is 5.73 Å². The lowest BCUT2D eigenvalue weighted by molar-refractivity contribution is 0.776. The lowest BCUT2D eigenvalue weighted by atomic mass is 10.2. The van der Waals surface area contributed by atoms with Crippen LogP contribution in [0.5, 0.6) is 0 Å². The third kappa shape index (κ3) is 4.03. The van der Waals surface area contributed by atoms with Gasteiger partial charge in [-0.05, 0) is 34.6 Å². The fourth-order valence-corrected chi connectivity index (χ4v) is 3.27. The first kappa shape index (κ1) is 12.1. The monoisotopic (exact) mass is 229 g/mol. The molecule has 80 valence electrons. The van der Waals surface area contributed by atoms with Gasteiger partial charge in [0.15, 0.2) is 0 Å². The Morgan fingerprint density at radius 1 is 1.50 bits per heavy atom. The summed E-state index contributed by atoms with van der Waals surface area (Å²) in [4.78, 5) is 0. The number of thiophene rings is 1. The highest BCUT2D eigenvalue weighted by molar-refractivity contribution is 7.99. The van der Waals surface area contributed by atoms with Crippen molar-refractivity contribution in [3.8, 4) is 0 Å². The Morgan fingerprint density at radius 2 is 2.36 bits per heavy atom. The van der Waals surface area contributed by atoms with E-state index < -0.39 is 0 Å². The Bertz CT molecular complexity index is 221. The minimum Gasteiger partial charge on any atom is -0.329 e. The summed E-state index contributed by atoms with van der Waals surface area (Å²) in [6.45, 7) is 3.00. The Kier molecular flexibility index (Phi) is 6.32. The molecule has 0 aliphatic heterocycles. The van der Waals surface area contributed by atoms with Gasteiger partial charge in [0.05, 0.1) is 0 Å². The Morgan fingerprint density at radius 3 is 2.93 bits per heavy atom. The molecular formula is C11H19NS2. The molecule has 0 aliphatic carbocycles. The molecular weight excluding hydrogens is 210 g/mol. The molecule has 0 fully saturated rings. The average molecular weight is 229 g/mol. The summed E-state index contributed by atoms with van der Waals surface area (Å²) in [6, 6.07) is 2.19. The van der Waals surface area contributed by atoms with Crippen molar-refractivity contribution >= 4 is 23.1 Å². The molecule has 0 spiro atoms. The molecule has 14 heavy (non-hydrogen) atoms. The maximum absolute atomic E-state index is 5.76. The molecule has 3 heteroatoms. The predicted molar refractivity (Wildman–Crippen MR) is 68.1 cm³/mol. The van der Waals surface area contributed by atoms with Gasteiger partial charge in [-0.25, -0.2) is 0 Å². The van der Waals surface area contributed by atoms with Crippen LogP contribution in [0.25, 0.3) is 0 Å². The summed E-state index contributed by atoms with van der Waals surface area (Å²) < 4.78 is 0. The van der Waals surface area contributed by atoms with E-state index in [0.717, 1.165) is 6.54 Å². The van der Waals surface area contributed by atoms with E-state index >= 15 is 0 Å². The van der Waals surface area contributed by atoms with Crippen LogP contribution in [0.4, 0.5) is 0 Å². The maximum Gasteiger partial charge on any atom is 0.0427 e. The van der Waals surface area contributed by atoms with Crippen LogP contribution >= 0.6 is 23.1 Å². The standard InChI is InChI=1S/C11H19NS2/c1-2-3-4-6-14-11(8-12)10-5-7-13-9-10/h5,7,9,11H,2-4,6,8,12H2,1H3. The smallest absolute Gasteiger partial charge is 0.0427 e. The molecule has 0 saturated heterocycles. The molecule has 1 nitrogen and oxygen atoms in total. The van der Waals surface area contributed by atoms with Crippen LogP contribution in [0.1, 0.15) is 37.0 Å². The molecule has 1 aromatic rings. The first-order chi connectivity index (χ1) is 6.88. The van der Waals surface area contributed by atoms with Gasteiger partial charge in [-0.1, -0.05) is 19.8 Å². The predicted octanol–water partition coefficient (Wildman–Crippen LogP) is 3.67. The summed E-state index contributed by atoms with van der Waals surface area (Å²) in [6.07, 6.45) is 3.96. The van der Waals surface area contributed by atoms with Crippen molar-refractivity contribution in [3.05, 3.63) is 22.4 Å². The van der Waals surface area contributed by atoms with Crippen molar-refractivity contribution in [3.63, 3.8) is 0 Å². The largest absolute Gasteiger partial charge is 0.329 e. The van der Waals surface area contributed by atoms with Gasteiger partial charge in [-0.15, -0.1) is 0 Å². The Labute approximate surface area is 95.1 Å². The van der Waals surface area contributed by atoms with Gasteiger partial charge in [0.25, 0.3) is 0 Å². The van der Waals surface area contributed by atoms with Gasteiger partial charge in [-0.2, -0.15) is 23.1 Å². The minimum atomic E-state index is 0.512. The van der Waals surface area contributed by atoms with E-state index in [0.29, 0.717) is 5.25 Å². The second kappa shape index (κ2) is 7.32. The van der Waals surface area contributed by atoms with Crippen molar-refractivity contribution in [2.75, 3.05) is 12.3 Å². The summed E-state index contributed by atoms with van der Waals surface area (Å²) in [5, 5.41) is 4.85. The van der Waals surface area contributed by atoms with E-state index in [-0.39, 0.29) is 0 Å². The SMILES string of the molecule is CCCCCSC(CN)c1ccsc1. The third-order valence-electron chi connectivity index (χ3n) is 2.20. The van der Waals surface area contributed by atoms with Gasteiger partial charge in [0.2, 0.25) is 0 Å². The van der Waals surface area contributed by atoms with Crippen molar-refractivity contribution in [2.24, 2.45) is 5.73 Å². The minimum absolute atomic E-state index is 0.512. The molecule has 0 aliphatic rings. The molecule has 1 atom stereocenters. The zero-order valence-corrected chi connectivity index (χ0v) is 10.4. The zero-order valence-electron chi connectivity index (χ0n) is 8.74. The first-order valence-electron chi connectivity index (χ1n) is 5.22. The van der Waals surface area contributed by atoms with E-state index in [1.165, 1.54) is 30.6 Å². The fourth-order valence-electron chi connectivity index (χ4n) is 1.34. The molecule has 0 amide bonds. The van der Waals surface area contributed by atoms with E-state index in [1.807, 2.05) is 11.8 Å². The van der Waals surface area contributed by atoms with E-state index in [9.17, 15) is 0 Å². The molecule has 1 aromatic heterocycles. The number of rotatable bonds is 7. The lowest BCUT2D eigenvalue weighted by Gasteiger charge is -2.12. The summed E-state index contributed by atoms with van der Waals surface area (Å²) in [7, 11) is 0. The highest BCUT2D eigenvalue weighted by atomic mass is 32.2. The summed E-state index contributed by atoms with van der Waals surface area (Å²) >= 11 is 3.76. The summed E-state index contributed by atoms with van der Waals surface area (Å²) in [5.74, 6) is 1.24. The van der Waals surface area contributed by atoms with Crippen LogP contribution < -0.4 is 5.73 Å². The molecule has 1 rings (SSSR count). The van der Waals surface area contributed by atoms with Crippen LogP contribution in [0, 0.1) is 0 Å². The van der Waals surface area contributed by atoms with E-state index in [2.05, 4.69) is 23.8 Å². The number of unbranched alkanes of at least 4 members (excludes halogenated alkanes) is 2. The highest BCUT2D eigenvalue weighted by Crippen LogP contribution is 2.29. The quantitative estimate of drug-likeness (QED) is 0.722. The lowest BCUT2D eigenvalue weighted by Crippen LogP contribution is -2.09. The van der Waals surface area contributed by atoms with Crippen LogP contribution in [-0.4, -0.2) is 12.3 Å². The average Bonchev–Trinajstić information content (AvgIpc) is 2.71. The van der Waals surface area contributed by atoms with Gasteiger partial charge < -0.3 is 5.73 Å². The van der Waals surface area contributed by atoms with Gasteiger partial charge in [-0.3, -0.25) is 0 Å². The highest BCUT2D eigenvalue weighted by Gasteiger charge is 2.09. The van der Waals surface area contributed by atoms with Crippen molar-refractivity contribution in [1.82, 2.24) is 0 Å². The third-order valence-corrected chi connectivity index (χ3v) is 4.29. The van der Waals surface area contributed by atoms with Crippen LogP contribution in [-0.2, 0) is 0 Å². The van der Waals surface area contributed by atoms with Crippen LogP contribution in [0.3, 0.4) is 0 Å². The number of hydrogen-bond acceptors (Lipinski definition) is 3. The Hall–Kier alpha value is 0.01000. The number of thioether (sulfide) groups is 1. The second-order valence-corrected chi connectivity index (χ2v) is 5.45. The molecule has 0 aromatic carbocycles. The van der Waals surface area contributed by atoms with Crippen molar-refractivity contribution in [1.29, 1.82) is 0 Å². The molecule has 2 N–H and O–H groups in total. The fraction of sp³-hybridized carbons (Fsp3) is 0.636. The molecule has 0 bridgehead atoms. The van der Waals surface area contributed by atoms with Gasteiger partial charge in [0, 0.05) is 11.8 Å². The normalized spacial score (nSPS) is 13.0. The van der Waals surface area contributed by atoms with E-state index in [1.54, 1.807) is 11.3 Å². The van der Waals surface area contributed by atoms with Crippen molar-refractivity contribution in [2.45, 2.75) is 31.4 Å². The molecule has 0 saturated carbocycles. The first-order valence-corrected chi connectivity index (χ1v) is 7.21. The zero-order chi connectivity index (χ0) is 10.2. The van der Waals surface area contributed by atoms with Gasteiger partial charge in [0.1, 0.15) is 0 Å². The maximum atomic E-state index is 5.76. The summed E-state index contributed by atoms with van der Waals surface area (Å²) in [5.41, 5.74) is 7.16. The van der Waals surface area contributed by atoms with Crippen molar-refractivity contribution < 1.29 is 0 Å². The van der Waals surface area contributed by atoms with Gasteiger partial charge >= 0.3 is 0 Å². The molecule has 0 radical (unpaired) electrons. The topological polar surface area (TPSA) is 26.0 Å². The second-order valence-electron chi connectivity index (χ2n) is 3.36. The molecule has 1 heterocycles. The Balaban J connectivity index is 2.26.